The molecule has 1 aromatic carbocycles. The highest BCUT2D eigenvalue weighted by molar-refractivity contribution is 5.96. The summed E-state index contributed by atoms with van der Waals surface area (Å²) in [7, 11) is 0. The molecule has 3 aliphatic rings. The van der Waals surface area contributed by atoms with Gasteiger partial charge in [-0.1, -0.05) is 42.7 Å². The summed E-state index contributed by atoms with van der Waals surface area (Å²) in [4.78, 5) is 73.8. The number of carbonyl (C=O) groups excluding carboxylic acids is 5. The summed E-state index contributed by atoms with van der Waals surface area (Å²) < 4.78 is 0. The summed E-state index contributed by atoms with van der Waals surface area (Å²) in [5, 5.41) is 15.1. The molecule has 0 bridgehead atoms. The van der Waals surface area contributed by atoms with E-state index in [9.17, 15) is 29.1 Å². The van der Waals surface area contributed by atoms with Gasteiger partial charge in [0.05, 0.1) is 12.6 Å². The lowest BCUT2D eigenvalue weighted by atomic mass is 9.84. The molecule has 264 valence electrons. The predicted octanol–water partition coefficient (Wildman–Crippen LogP) is -1.48. The molecule has 1 saturated carbocycles. The predicted molar refractivity (Wildman–Crippen MR) is 179 cm³/mol. The number of hydrogen-bond donors (Lipinski definition) is 7. The van der Waals surface area contributed by atoms with Gasteiger partial charge in [0.25, 0.3) is 0 Å². The van der Waals surface area contributed by atoms with Gasteiger partial charge >= 0.3 is 0 Å². The topological polar surface area (TPSA) is 253 Å². The molecule has 0 unspecified atom stereocenters. The van der Waals surface area contributed by atoms with Crippen LogP contribution in [-0.4, -0.2) is 106 Å². The maximum atomic E-state index is 14.2. The normalized spacial score (nSPS) is 23.8. The molecule has 0 aromatic heterocycles. The highest BCUT2D eigenvalue weighted by Crippen LogP contribution is 2.41. The number of primary amides is 1. The van der Waals surface area contributed by atoms with Gasteiger partial charge in [-0.05, 0) is 63.4 Å². The van der Waals surface area contributed by atoms with Crippen LogP contribution in [0.2, 0.25) is 0 Å². The van der Waals surface area contributed by atoms with Crippen LogP contribution in [0.3, 0.4) is 0 Å². The Morgan fingerprint density at radius 3 is 2.33 bits per heavy atom. The van der Waals surface area contributed by atoms with Crippen molar-refractivity contribution in [3.63, 3.8) is 0 Å². The van der Waals surface area contributed by atoms with Gasteiger partial charge in [0.15, 0.2) is 5.96 Å². The van der Waals surface area contributed by atoms with Crippen LogP contribution in [0.15, 0.2) is 29.3 Å². The fraction of sp³-hybridized carbons (Fsp3) is 0.636. The molecule has 15 nitrogen and oxygen atoms in total. The number of rotatable bonds is 14. The van der Waals surface area contributed by atoms with Crippen LogP contribution in [0.4, 0.5) is 0 Å². The molecule has 4 rings (SSSR count). The zero-order valence-electron chi connectivity index (χ0n) is 27.7. The van der Waals surface area contributed by atoms with Crippen molar-refractivity contribution < 1.29 is 29.1 Å². The quantitative estimate of drug-likeness (QED) is 0.0692. The first-order chi connectivity index (χ1) is 22.9. The Kier molecular flexibility index (Phi) is 12.8. The zero-order chi connectivity index (χ0) is 35.0. The number of nitrogens with zero attached hydrogens (tertiary/aromatic N) is 3. The number of nitrogens with one attached hydrogen (secondary N) is 2. The van der Waals surface area contributed by atoms with E-state index in [-0.39, 0.29) is 36.2 Å². The number of aliphatic imine (C=N–C) groups is 1. The Bertz CT molecular complexity index is 1350. The standard InChI is InChI=1S/C33H51N9O6/c1-19-10-12-20(13-11-19)16-23(28(35)44)39-29(45)24(18-43)40-30(46)26-9-5-15-41(26)32(48)27-17-21-6-2-3-8-25(21)42(27)31(47)22(34)7-4-14-38-33(36)37/h10-13,21-27,43H,2-9,14-18,34H2,1H3,(H2,35,44)(H,39,45)(H,40,46)(H4,36,37,38)/t21-,22+,23-,24+,25-,26-,27-/m0/s1. The van der Waals surface area contributed by atoms with Crippen LogP contribution in [0.5, 0.6) is 0 Å². The second-order valence-corrected chi connectivity index (χ2v) is 13.3. The van der Waals surface area contributed by atoms with Crippen LogP contribution in [0.1, 0.15) is 68.9 Å². The van der Waals surface area contributed by atoms with Gasteiger partial charge in [0.2, 0.25) is 29.5 Å². The Morgan fingerprint density at radius 1 is 0.958 bits per heavy atom. The number of amides is 5. The number of nitrogens with two attached hydrogens (primary N) is 4. The van der Waals surface area contributed by atoms with Crippen molar-refractivity contribution in [2.24, 2.45) is 33.8 Å². The van der Waals surface area contributed by atoms with Crippen molar-refractivity contribution >= 4 is 35.5 Å². The van der Waals surface area contributed by atoms with E-state index in [1.807, 2.05) is 31.2 Å². The summed E-state index contributed by atoms with van der Waals surface area (Å²) in [6.07, 6.45) is 6.07. The van der Waals surface area contributed by atoms with Crippen LogP contribution in [0.25, 0.3) is 0 Å². The summed E-state index contributed by atoms with van der Waals surface area (Å²) >= 11 is 0. The molecule has 15 heteroatoms. The Hall–Kier alpha value is -4.24. The van der Waals surface area contributed by atoms with Crippen molar-refractivity contribution in [2.45, 2.75) is 107 Å². The number of hydrogen-bond acceptors (Lipinski definition) is 8. The van der Waals surface area contributed by atoms with Gasteiger partial charge < -0.3 is 48.5 Å². The molecule has 2 saturated heterocycles. The summed E-state index contributed by atoms with van der Waals surface area (Å²) in [6.45, 7) is 1.84. The maximum Gasteiger partial charge on any atom is 0.246 e. The average Bonchev–Trinajstić information content (AvgIpc) is 3.71. The maximum absolute atomic E-state index is 14.2. The highest BCUT2D eigenvalue weighted by Gasteiger charge is 2.51. The van der Waals surface area contributed by atoms with Gasteiger partial charge in [0.1, 0.15) is 24.2 Å². The van der Waals surface area contributed by atoms with Crippen molar-refractivity contribution in [3.8, 4) is 0 Å². The fourth-order valence-electron chi connectivity index (χ4n) is 7.24. The molecule has 1 aromatic rings. The number of aryl methyl sites for hydroxylation is 1. The molecule has 1 aliphatic carbocycles. The third-order valence-corrected chi connectivity index (χ3v) is 9.79. The van der Waals surface area contributed by atoms with Crippen molar-refractivity contribution in [1.29, 1.82) is 0 Å². The molecule has 3 fully saturated rings. The first-order valence-electron chi connectivity index (χ1n) is 16.9. The monoisotopic (exact) mass is 669 g/mol. The first-order valence-corrected chi connectivity index (χ1v) is 16.9. The average molecular weight is 670 g/mol. The van der Waals surface area contributed by atoms with E-state index in [0.29, 0.717) is 45.2 Å². The highest BCUT2D eigenvalue weighted by atomic mass is 16.3. The van der Waals surface area contributed by atoms with E-state index in [1.165, 1.54) is 4.90 Å². The van der Waals surface area contributed by atoms with Gasteiger partial charge in [0, 0.05) is 25.6 Å². The molecular weight excluding hydrogens is 618 g/mol. The Morgan fingerprint density at radius 2 is 1.67 bits per heavy atom. The van der Waals surface area contributed by atoms with Crippen molar-refractivity contribution in [2.75, 3.05) is 19.7 Å². The molecule has 2 heterocycles. The van der Waals surface area contributed by atoms with Crippen LogP contribution >= 0.6 is 0 Å². The second-order valence-electron chi connectivity index (χ2n) is 13.3. The van der Waals surface area contributed by atoms with E-state index < -0.39 is 54.5 Å². The number of fused-ring (bicyclic) bond motifs is 1. The number of likely N-dealkylation sites (tertiary alicyclic amines) is 2. The number of carbonyl (C=O) groups is 5. The van der Waals surface area contributed by atoms with Crippen molar-refractivity contribution in [1.82, 2.24) is 20.4 Å². The van der Waals surface area contributed by atoms with Gasteiger partial charge in [-0.3, -0.25) is 29.0 Å². The minimum atomic E-state index is -1.38. The number of aliphatic hydroxyl groups excluding tert-OH is 1. The Balaban J connectivity index is 1.42. The van der Waals surface area contributed by atoms with E-state index >= 15 is 0 Å². The molecule has 2 aliphatic heterocycles. The molecular formula is C33H51N9O6. The van der Waals surface area contributed by atoms with Crippen LogP contribution < -0.4 is 33.6 Å². The minimum absolute atomic E-state index is 0.0340. The van der Waals surface area contributed by atoms with E-state index in [1.54, 1.807) is 4.90 Å². The lowest BCUT2D eigenvalue weighted by Crippen LogP contribution is -2.59. The van der Waals surface area contributed by atoms with E-state index in [4.69, 9.17) is 22.9 Å². The molecule has 5 amide bonds. The first kappa shape index (κ1) is 36.6. The van der Waals surface area contributed by atoms with Gasteiger partial charge in [-0.2, -0.15) is 0 Å². The third kappa shape index (κ3) is 9.01. The zero-order valence-corrected chi connectivity index (χ0v) is 27.7. The smallest absolute Gasteiger partial charge is 0.246 e. The van der Waals surface area contributed by atoms with Gasteiger partial charge in [-0.15, -0.1) is 0 Å². The lowest BCUT2D eigenvalue weighted by molar-refractivity contribution is -0.149. The molecule has 11 N–H and O–H groups in total. The van der Waals surface area contributed by atoms with Crippen LogP contribution in [-0.2, 0) is 30.4 Å². The van der Waals surface area contributed by atoms with E-state index in [2.05, 4.69) is 15.6 Å². The number of aliphatic hydroxyl groups is 1. The van der Waals surface area contributed by atoms with E-state index in [0.717, 1.165) is 36.8 Å². The van der Waals surface area contributed by atoms with Gasteiger partial charge in [-0.25, -0.2) is 0 Å². The number of benzene rings is 1. The summed E-state index contributed by atoms with van der Waals surface area (Å²) in [5.41, 5.74) is 24.5. The summed E-state index contributed by atoms with van der Waals surface area (Å²) in [5.74, 6) is -2.62. The minimum Gasteiger partial charge on any atom is -0.394 e. The number of guanidine groups is 1. The molecule has 48 heavy (non-hydrogen) atoms. The Labute approximate surface area is 281 Å². The van der Waals surface area contributed by atoms with Crippen molar-refractivity contribution in [3.05, 3.63) is 35.4 Å². The lowest BCUT2D eigenvalue weighted by Gasteiger charge is -2.37. The molecule has 7 atom stereocenters. The molecule has 0 radical (unpaired) electrons. The largest absolute Gasteiger partial charge is 0.394 e. The van der Waals surface area contributed by atoms with Crippen LogP contribution in [0, 0.1) is 12.8 Å². The third-order valence-electron chi connectivity index (χ3n) is 9.79. The second kappa shape index (κ2) is 16.7. The fourth-order valence-corrected chi connectivity index (χ4v) is 7.24. The SMILES string of the molecule is Cc1ccc(C[C@H](NC(=O)[C@@H](CO)NC(=O)[C@@H]2CCCN2C(=O)[C@@H]2C[C@@H]3CCCC[C@@H]3N2C(=O)[C@H](N)CCCN=C(N)N)C(N)=O)cc1. The molecule has 0 spiro atoms. The summed E-state index contributed by atoms with van der Waals surface area (Å²) in [6, 6.07) is 2.39.